The summed E-state index contributed by atoms with van der Waals surface area (Å²) in [5.41, 5.74) is 12.5. The van der Waals surface area contributed by atoms with Crippen LogP contribution >= 0.6 is 0 Å². The van der Waals surface area contributed by atoms with Crippen LogP contribution in [0, 0.1) is 23.7 Å². The summed E-state index contributed by atoms with van der Waals surface area (Å²) in [7, 11) is 0. The molecule has 0 bridgehead atoms. The first-order valence-electron chi connectivity index (χ1n) is 30.1. The highest BCUT2D eigenvalue weighted by molar-refractivity contribution is 5.99. The Morgan fingerprint density at radius 3 is 1.70 bits per heavy atom. The monoisotopic (exact) mass is 1250 g/mol. The number of aliphatic hydroxyl groups is 1. The van der Waals surface area contributed by atoms with Gasteiger partial charge in [0.2, 0.25) is 70.9 Å². The fourth-order valence-corrected chi connectivity index (χ4v) is 9.57. The third-order valence-electron chi connectivity index (χ3n) is 15.1. The zero-order valence-corrected chi connectivity index (χ0v) is 52.4. The topological polar surface area (TPSA) is 467 Å². The SMILES string of the molecule is CC[C@H](C)[C@H](N)C(=O)N[C@@H](C)C(=O)N[C@H](C(=O)NCC(=O)N[C@@H](Cc1ccccc1)C(=O)N[C@H](C(=O)NCC(=O)N[C@@H](CC(N)=O)C(=O)N[C@@H](Cc1cnc[nH]1)C(=O)N1CCC[C@H]1C(=O)N[C@@H](CC(C)C)C(=O)N[C@@H](CC(C)C)C(=O)O)[C@@H](C)CC)[C@@H](C)O. The number of carboxylic acid groups (broad SMARTS) is 1. The number of nitrogens with one attached hydrogen (secondary N) is 11. The third-order valence-corrected chi connectivity index (χ3v) is 15.1. The second-order valence-electron chi connectivity index (χ2n) is 23.5. The average Bonchev–Trinajstić information content (AvgIpc) is 2.59. The molecule has 89 heavy (non-hydrogen) atoms. The molecule has 12 amide bonds. The van der Waals surface area contributed by atoms with E-state index in [-0.39, 0.29) is 56.4 Å². The fourth-order valence-electron chi connectivity index (χ4n) is 9.57. The number of hydrogen-bond donors (Lipinski definition) is 15. The summed E-state index contributed by atoms with van der Waals surface area (Å²) in [5, 5.41) is 45.2. The molecule has 1 aliphatic rings. The van der Waals surface area contributed by atoms with E-state index in [2.05, 4.69) is 63.1 Å². The molecule has 17 N–H and O–H groups in total. The Kier molecular flexibility index (Phi) is 30.8. The standard InChI is InChI=1S/C59H93N15O15/c1-11-32(7)47(61)55(84)66-34(9)50(79)73-49(35(10)75)57(86)64-28-45(77)67-39(23-36-17-14-13-15-18-36)53(82)72-48(33(8)12-2)56(85)63-27-46(78)68-40(25-44(60)76)52(81)70-41(24-37-26-62-29-65-37)58(87)74-20-16-19-43(74)54(83)69-38(21-30(3)4)51(80)71-42(59(88)89)22-31(5)6/h13-15,17-18,26,29-35,38-43,47-49,75H,11-12,16,19-25,27-28,61H2,1-10H3,(H2,60,76)(H,62,65)(H,63,85)(H,64,86)(H,66,84)(H,67,77)(H,68,78)(H,69,83)(H,70,81)(H,71,80)(H,72,82)(H,73,79)(H,88,89)/t32-,33-,34-,35+,38-,39-,40-,41-,42-,43-,47-,48-,49-/m0/s1. The summed E-state index contributed by atoms with van der Waals surface area (Å²) in [6, 6.07) is -4.55. The number of aromatic nitrogens is 2. The maximum atomic E-state index is 14.5. The molecule has 0 aliphatic carbocycles. The van der Waals surface area contributed by atoms with Crippen molar-refractivity contribution in [1.29, 1.82) is 0 Å². The van der Waals surface area contributed by atoms with Crippen molar-refractivity contribution >= 4 is 76.9 Å². The second kappa shape index (κ2) is 36.7. The van der Waals surface area contributed by atoms with Gasteiger partial charge in [-0.2, -0.15) is 0 Å². The fraction of sp³-hybridized carbons (Fsp3) is 0.627. The lowest BCUT2D eigenvalue weighted by molar-refractivity contribution is -0.144. The average molecular weight is 1250 g/mol. The zero-order valence-electron chi connectivity index (χ0n) is 52.4. The van der Waals surface area contributed by atoms with E-state index in [1.165, 1.54) is 31.3 Å². The van der Waals surface area contributed by atoms with Crippen LogP contribution in [0.4, 0.5) is 0 Å². The molecule has 0 spiro atoms. The van der Waals surface area contributed by atoms with E-state index in [1.54, 1.807) is 65.0 Å². The van der Waals surface area contributed by atoms with Crippen molar-refractivity contribution in [2.24, 2.45) is 35.1 Å². The molecule has 3 rings (SSSR count). The van der Waals surface area contributed by atoms with Gasteiger partial charge in [-0.1, -0.05) is 98.6 Å². The van der Waals surface area contributed by atoms with E-state index >= 15 is 0 Å². The molecule has 1 saturated heterocycles. The van der Waals surface area contributed by atoms with Crippen LogP contribution in [0.5, 0.6) is 0 Å². The van der Waals surface area contributed by atoms with Gasteiger partial charge in [0.05, 0.1) is 38.0 Å². The predicted molar refractivity (Wildman–Crippen MR) is 323 cm³/mol. The molecule has 1 aromatic carbocycles. The lowest BCUT2D eigenvalue weighted by Gasteiger charge is -2.31. The third kappa shape index (κ3) is 24.9. The number of nitrogens with zero attached hydrogens (tertiary/aromatic N) is 2. The molecule has 30 heteroatoms. The van der Waals surface area contributed by atoms with Crippen molar-refractivity contribution < 1.29 is 72.5 Å². The lowest BCUT2D eigenvalue weighted by atomic mass is 9.97. The molecular weight excluding hydrogens is 1160 g/mol. The molecular formula is C59H93N15O15. The predicted octanol–water partition coefficient (Wildman–Crippen LogP) is -2.83. The number of likely N-dealkylation sites (tertiary alicyclic amines) is 1. The van der Waals surface area contributed by atoms with Crippen LogP contribution in [0.1, 0.15) is 125 Å². The molecule has 0 unspecified atom stereocenters. The van der Waals surface area contributed by atoms with Crippen molar-refractivity contribution in [1.82, 2.24) is 68.0 Å². The maximum Gasteiger partial charge on any atom is 0.326 e. The summed E-state index contributed by atoms with van der Waals surface area (Å²) in [6.07, 6.45) is 1.86. The number of carbonyl (C=O) groups excluding carboxylic acids is 12. The normalized spacial score (nSPS) is 17.0. The maximum absolute atomic E-state index is 14.5. The van der Waals surface area contributed by atoms with Crippen LogP contribution in [0.3, 0.4) is 0 Å². The molecule has 13 atom stereocenters. The van der Waals surface area contributed by atoms with Crippen molar-refractivity contribution in [3.05, 3.63) is 54.1 Å². The summed E-state index contributed by atoms with van der Waals surface area (Å²) >= 11 is 0. The first-order valence-corrected chi connectivity index (χ1v) is 30.1. The van der Waals surface area contributed by atoms with E-state index in [9.17, 15) is 72.5 Å². The molecule has 1 fully saturated rings. The van der Waals surface area contributed by atoms with Crippen molar-refractivity contribution in [2.75, 3.05) is 19.6 Å². The van der Waals surface area contributed by atoms with Crippen LogP contribution in [0.25, 0.3) is 0 Å². The van der Waals surface area contributed by atoms with E-state index < -0.39 is 169 Å². The van der Waals surface area contributed by atoms with Gasteiger partial charge in [-0.25, -0.2) is 9.78 Å². The molecule has 0 saturated carbocycles. The number of carbonyl (C=O) groups is 13. The van der Waals surface area contributed by atoms with E-state index in [0.717, 1.165) is 0 Å². The summed E-state index contributed by atoms with van der Waals surface area (Å²) in [6.45, 7) is 15.3. The van der Waals surface area contributed by atoms with Gasteiger partial charge >= 0.3 is 5.97 Å². The Labute approximate surface area is 518 Å². The highest BCUT2D eigenvalue weighted by Crippen LogP contribution is 2.21. The molecule has 1 aliphatic heterocycles. The number of H-pyrrole nitrogens is 1. The van der Waals surface area contributed by atoms with Gasteiger partial charge in [0.1, 0.15) is 54.4 Å². The Balaban J connectivity index is 1.76. The van der Waals surface area contributed by atoms with Gasteiger partial charge in [0, 0.05) is 31.3 Å². The number of imidazole rings is 1. The summed E-state index contributed by atoms with van der Waals surface area (Å²) < 4.78 is 0. The number of aliphatic carboxylic acids is 1. The Hall–Kier alpha value is -8.54. The van der Waals surface area contributed by atoms with Crippen LogP contribution in [0.15, 0.2) is 42.9 Å². The molecule has 1 aromatic heterocycles. The lowest BCUT2D eigenvalue weighted by Crippen LogP contribution is -2.60. The number of rotatable bonds is 37. The van der Waals surface area contributed by atoms with E-state index in [0.29, 0.717) is 30.5 Å². The Morgan fingerprint density at radius 2 is 1.16 bits per heavy atom. The minimum atomic E-state index is -1.72. The first-order chi connectivity index (χ1) is 41.9. The number of aliphatic hydroxyl groups excluding tert-OH is 1. The number of hydrogen-bond acceptors (Lipinski definition) is 16. The number of nitrogens with two attached hydrogens (primary N) is 2. The largest absolute Gasteiger partial charge is 0.480 e. The van der Waals surface area contributed by atoms with Gasteiger partial charge < -0.3 is 84.7 Å². The number of carboxylic acids is 1. The van der Waals surface area contributed by atoms with Gasteiger partial charge in [-0.05, 0) is 68.8 Å². The van der Waals surface area contributed by atoms with Crippen molar-refractivity contribution in [3.63, 3.8) is 0 Å². The Morgan fingerprint density at radius 1 is 0.618 bits per heavy atom. The molecule has 2 heterocycles. The molecule has 494 valence electrons. The van der Waals surface area contributed by atoms with Crippen LogP contribution in [-0.4, -0.2) is 188 Å². The highest BCUT2D eigenvalue weighted by atomic mass is 16.4. The van der Waals surface area contributed by atoms with Crippen molar-refractivity contribution in [3.8, 4) is 0 Å². The molecule has 2 aromatic rings. The smallest absolute Gasteiger partial charge is 0.326 e. The van der Waals surface area contributed by atoms with Crippen LogP contribution < -0.4 is 64.6 Å². The van der Waals surface area contributed by atoms with Gasteiger partial charge in [-0.3, -0.25) is 57.5 Å². The van der Waals surface area contributed by atoms with E-state index in [4.69, 9.17) is 11.5 Å². The minimum Gasteiger partial charge on any atom is -0.480 e. The number of aromatic amines is 1. The first kappa shape index (κ1) is 74.7. The van der Waals surface area contributed by atoms with Crippen LogP contribution in [0.2, 0.25) is 0 Å². The highest BCUT2D eigenvalue weighted by Gasteiger charge is 2.41. The second-order valence-corrected chi connectivity index (χ2v) is 23.5. The van der Waals surface area contributed by atoms with Gasteiger partial charge in [0.25, 0.3) is 0 Å². The Bertz CT molecular complexity index is 2750. The number of amides is 12. The number of benzene rings is 1. The zero-order chi connectivity index (χ0) is 66.8. The molecule has 30 nitrogen and oxygen atoms in total. The van der Waals surface area contributed by atoms with Crippen LogP contribution in [-0.2, 0) is 75.2 Å². The summed E-state index contributed by atoms with van der Waals surface area (Å²) in [5.74, 6) is -12.5. The van der Waals surface area contributed by atoms with Gasteiger partial charge in [0.15, 0.2) is 0 Å². The minimum absolute atomic E-state index is 0.0555. The van der Waals surface area contributed by atoms with E-state index in [1.807, 2.05) is 20.8 Å². The van der Waals surface area contributed by atoms with Crippen molar-refractivity contribution in [2.45, 2.75) is 194 Å². The number of primary amides is 1. The molecule has 0 radical (unpaired) electrons. The van der Waals surface area contributed by atoms with Gasteiger partial charge in [-0.15, -0.1) is 0 Å². The summed E-state index contributed by atoms with van der Waals surface area (Å²) in [4.78, 5) is 183. The quantitative estimate of drug-likeness (QED) is 0.0324.